The van der Waals surface area contributed by atoms with Gasteiger partial charge in [-0.25, -0.2) is 13.9 Å². The molecule has 74 valence electrons. The molecule has 0 bridgehead atoms. The molecule has 0 saturated carbocycles. The Morgan fingerprint density at radius 1 is 1.42 bits per heavy atom. The van der Waals surface area contributed by atoms with Crippen LogP contribution in [-0.4, -0.2) is 39.0 Å². The lowest BCUT2D eigenvalue weighted by Gasteiger charge is -2.03. The van der Waals surface area contributed by atoms with Crippen LogP contribution in [0.2, 0.25) is 0 Å². The Kier molecular flexibility index (Phi) is 6.74. The van der Waals surface area contributed by atoms with Gasteiger partial charge >= 0.3 is 0 Å². The van der Waals surface area contributed by atoms with Crippen molar-refractivity contribution in [2.45, 2.75) is 6.92 Å². The van der Waals surface area contributed by atoms with Crippen LogP contribution in [0.25, 0.3) is 0 Å². The zero-order valence-corrected chi connectivity index (χ0v) is 8.62. The van der Waals surface area contributed by atoms with E-state index < -0.39 is 9.84 Å². The van der Waals surface area contributed by atoms with Gasteiger partial charge in [-0.05, 0) is 0 Å². The summed E-state index contributed by atoms with van der Waals surface area (Å²) in [7, 11) is -3.01. The number of hydrogen-bond acceptors (Lipinski definition) is 4. The maximum absolute atomic E-state index is 11.0. The van der Waals surface area contributed by atoms with Crippen molar-refractivity contribution in [3.05, 3.63) is 0 Å². The monoisotopic (exact) mass is 215 g/mol. The molecule has 0 aliphatic heterocycles. The molecule has 6 heteroatoms. The van der Waals surface area contributed by atoms with Gasteiger partial charge in [-0.3, -0.25) is 0 Å². The van der Waals surface area contributed by atoms with Crippen molar-refractivity contribution in [3.63, 3.8) is 0 Å². The van der Waals surface area contributed by atoms with E-state index in [1.165, 1.54) is 0 Å². The zero-order chi connectivity index (χ0) is 9.45. The molecule has 0 unspecified atom stereocenters. The Morgan fingerprint density at radius 2 is 2.08 bits per heavy atom. The minimum absolute atomic E-state index is 0.0179. The second-order valence-electron chi connectivity index (χ2n) is 2.19. The van der Waals surface area contributed by atoms with Gasteiger partial charge in [0.2, 0.25) is 0 Å². The topological polar surface area (TPSA) is 55.4 Å². The molecule has 4 nitrogen and oxygen atoms in total. The number of hydroxylamine groups is 1. The van der Waals surface area contributed by atoms with Gasteiger partial charge in [-0.1, -0.05) is 6.92 Å². The van der Waals surface area contributed by atoms with Gasteiger partial charge in [0.05, 0.1) is 18.1 Å². The van der Waals surface area contributed by atoms with E-state index in [1.807, 2.05) is 6.92 Å². The number of rotatable bonds is 7. The summed E-state index contributed by atoms with van der Waals surface area (Å²) in [5.74, 6) is 0.181. The molecule has 0 aromatic rings. The second-order valence-corrected chi connectivity index (χ2v) is 4.87. The van der Waals surface area contributed by atoms with Crippen molar-refractivity contribution in [1.82, 2.24) is 5.48 Å². The molecule has 0 heterocycles. The fourth-order valence-electron chi connectivity index (χ4n) is 0.562. The highest BCUT2D eigenvalue weighted by molar-refractivity contribution is 7.91. The van der Waals surface area contributed by atoms with Gasteiger partial charge in [-0.15, -0.1) is 11.6 Å². The first-order chi connectivity index (χ1) is 5.62. The van der Waals surface area contributed by atoms with Crippen LogP contribution < -0.4 is 5.48 Å². The quantitative estimate of drug-likeness (QED) is 0.374. The molecule has 0 fully saturated rings. The molecule has 12 heavy (non-hydrogen) atoms. The predicted molar refractivity (Wildman–Crippen MR) is 49.0 cm³/mol. The van der Waals surface area contributed by atoms with E-state index in [4.69, 9.17) is 16.4 Å². The molecule has 0 saturated heterocycles. The summed E-state index contributed by atoms with van der Waals surface area (Å²) < 4.78 is 22.0. The number of halogens is 1. The molecule has 0 radical (unpaired) electrons. The van der Waals surface area contributed by atoms with Gasteiger partial charge in [-0.2, -0.15) is 0 Å². The first-order valence-corrected chi connectivity index (χ1v) is 6.09. The zero-order valence-electron chi connectivity index (χ0n) is 7.05. The summed E-state index contributed by atoms with van der Waals surface area (Å²) in [4.78, 5) is 4.79. The van der Waals surface area contributed by atoms with Crippen molar-refractivity contribution < 1.29 is 13.3 Å². The summed E-state index contributed by atoms with van der Waals surface area (Å²) >= 11 is 5.29. The lowest BCUT2D eigenvalue weighted by Crippen LogP contribution is -2.21. The summed E-state index contributed by atoms with van der Waals surface area (Å²) in [6.07, 6.45) is 0. The highest BCUT2D eigenvalue weighted by Gasteiger charge is 2.08. The van der Waals surface area contributed by atoms with Crippen LogP contribution in [0.3, 0.4) is 0 Å². The Labute approximate surface area is 78.1 Å². The maximum Gasteiger partial charge on any atom is 0.153 e. The van der Waals surface area contributed by atoms with E-state index in [0.29, 0.717) is 6.54 Å². The molecule has 0 aliphatic rings. The molecule has 0 aliphatic carbocycles. The molecular formula is C6H14ClNO3S. The number of hydrogen-bond donors (Lipinski definition) is 1. The number of sulfone groups is 1. The Hall–Kier alpha value is 0.160. The SMILES string of the molecule is CCNOCCS(=O)(=O)CCCl. The van der Waals surface area contributed by atoms with E-state index in [2.05, 4.69) is 5.48 Å². The van der Waals surface area contributed by atoms with E-state index in [-0.39, 0.29) is 24.0 Å². The van der Waals surface area contributed by atoms with Crippen LogP contribution in [0.4, 0.5) is 0 Å². The van der Waals surface area contributed by atoms with Crippen LogP contribution in [0.15, 0.2) is 0 Å². The molecule has 0 amide bonds. The minimum atomic E-state index is -3.01. The largest absolute Gasteiger partial charge is 0.301 e. The van der Waals surface area contributed by atoms with Crippen LogP contribution in [0, 0.1) is 0 Å². The van der Waals surface area contributed by atoms with Crippen molar-refractivity contribution in [3.8, 4) is 0 Å². The molecule has 0 aromatic carbocycles. The summed E-state index contributed by atoms with van der Waals surface area (Å²) in [5, 5.41) is 0. The standard InChI is InChI=1S/C6H14ClNO3S/c1-2-8-11-4-6-12(9,10)5-3-7/h8H,2-6H2,1H3. The van der Waals surface area contributed by atoms with Gasteiger partial charge < -0.3 is 4.84 Å². The highest BCUT2D eigenvalue weighted by atomic mass is 35.5. The van der Waals surface area contributed by atoms with Crippen LogP contribution >= 0.6 is 11.6 Å². The summed E-state index contributed by atoms with van der Waals surface area (Å²) in [6, 6.07) is 0. The summed E-state index contributed by atoms with van der Waals surface area (Å²) in [6.45, 7) is 2.70. The number of nitrogens with one attached hydrogen (secondary N) is 1. The van der Waals surface area contributed by atoms with Gasteiger partial charge in [0.25, 0.3) is 0 Å². The predicted octanol–water partition coefficient (Wildman–Crippen LogP) is 0.181. The van der Waals surface area contributed by atoms with Gasteiger partial charge in [0.15, 0.2) is 9.84 Å². The smallest absolute Gasteiger partial charge is 0.153 e. The van der Waals surface area contributed by atoms with Crippen LogP contribution in [-0.2, 0) is 14.7 Å². The molecule has 1 N–H and O–H groups in total. The van der Waals surface area contributed by atoms with Crippen molar-refractivity contribution >= 4 is 21.4 Å². The number of alkyl halides is 1. The normalized spacial score (nSPS) is 11.8. The van der Waals surface area contributed by atoms with Gasteiger partial charge in [0, 0.05) is 12.4 Å². The Balaban J connectivity index is 3.48. The molecular weight excluding hydrogens is 202 g/mol. The maximum atomic E-state index is 11.0. The molecule has 0 rings (SSSR count). The lowest BCUT2D eigenvalue weighted by atomic mass is 10.8. The van der Waals surface area contributed by atoms with E-state index in [9.17, 15) is 8.42 Å². The Morgan fingerprint density at radius 3 is 2.58 bits per heavy atom. The molecule has 0 aromatic heterocycles. The van der Waals surface area contributed by atoms with Crippen molar-refractivity contribution in [2.75, 3.05) is 30.5 Å². The van der Waals surface area contributed by atoms with Crippen LogP contribution in [0.1, 0.15) is 6.92 Å². The third-order valence-corrected chi connectivity index (χ3v) is 3.16. The van der Waals surface area contributed by atoms with Crippen molar-refractivity contribution in [2.24, 2.45) is 0 Å². The first kappa shape index (κ1) is 12.2. The average Bonchev–Trinajstić information content (AvgIpc) is 1.98. The third kappa shape index (κ3) is 6.84. The Bertz CT molecular complexity index is 193. The fourth-order valence-corrected chi connectivity index (χ4v) is 2.04. The third-order valence-electron chi connectivity index (χ3n) is 1.13. The van der Waals surface area contributed by atoms with Gasteiger partial charge in [0.1, 0.15) is 0 Å². The molecule has 0 atom stereocenters. The first-order valence-electron chi connectivity index (χ1n) is 3.73. The fraction of sp³-hybridized carbons (Fsp3) is 1.00. The minimum Gasteiger partial charge on any atom is -0.301 e. The average molecular weight is 216 g/mol. The van der Waals surface area contributed by atoms with E-state index >= 15 is 0 Å². The van der Waals surface area contributed by atoms with E-state index in [1.54, 1.807) is 0 Å². The second kappa shape index (κ2) is 6.65. The van der Waals surface area contributed by atoms with Crippen LogP contribution in [0.5, 0.6) is 0 Å². The van der Waals surface area contributed by atoms with E-state index in [0.717, 1.165) is 0 Å². The molecule has 0 spiro atoms. The highest BCUT2D eigenvalue weighted by Crippen LogP contribution is 1.91. The van der Waals surface area contributed by atoms with Crippen molar-refractivity contribution in [1.29, 1.82) is 0 Å². The lowest BCUT2D eigenvalue weighted by molar-refractivity contribution is 0.0559. The summed E-state index contributed by atoms with van der Waals surface area (Å²) in [5.41, 5.74) is 2.57.